The second-order valence-electron chi connectivity index (χ2n) is 2.70. The van der Waals surface area contributed by atoms with Gasteiger partial charge in [0.2, 0.25) is 0 Å². The van der Waals surface area contributed by atoms with Gasteiger partial charge in [-0.15, -0.1) is 0 Å². The van der Waals surface area contributed by atoms with Crippen LogP contribution in [-0.2, 0) is 11.3 Å². The molecule has 0 spiro atoms. The van der Waals surface area contributed by atoms with Gasteiger partial charge in [0.1, 0.15) is 5.75 Å². The summed E-state index contributed by atoms with van der Waals surface area (Å²) in [5.74, 6) is 0.263. The molecule has 0 saturated carbocycles. The molecular formula is C10H13NO2S. The van der Waals surface area contributed by atoms with Crippen LogP contribution in [0.4, 0.5) is 0 Å². The molecule has 1 aromatic rings. The molecule has 14 heavy (non-hydrogen) atoms. The van der Waals surface area contributed by atoms with Gasteiger partial charge in [0, 0.05) is 12.1 Å². The lowest BCUT2D eigenvalue weighted by Gasteiger charge is -2.08. The Kier molecular flexibility index (Phi) is 4.19. The van der Waals surface area contributed by atoms with Gasteiger partial charge in [0.05, 0.1) is 6.61 Å². The number of phenolic OH excluding ortho intramolecular Hbond substituents is 1. The number of para-hydroxylation sites is 1. The van der Waals surface area contributed by atoms with Crippen LogP contribution in [0.3, 0.4) is 0 Å². The number of nitrogens with one attached hydrogen (secondary N) is 1. The summed E-state index contributed by atoms with van der Waals surface area (Å²) in [6, 6.07) is 7.11. The molecule has 0 aliphatic carbocycles. The van der Waals surface area contributed by atoms with Gasteiger partial charge >= 0.3 is 0 Å². The molecule has 0 aliphatic rings. The minimum absolute atomic E-state index is 0.263. The molecule has 1 aromatic carbocycles. The summed E-state index contributed by atoms with van der Waals surface area (Å²) in [6.07, 6.45) is 0. The Morgan fingerprint density at radius 2 is 2.21 bits per heavy atom. The highest BCUT2D eigenvalue weighted by atomic mass is 32.1. The molecule has 0 aromatic heterocycles. The lowest BCUT2D eigenvalue weighted by Crippen LogP contribution is -2.23. The first-order chi connectivity index (χ1) is 6.74. The summed E-state index contributed by atoms with van der Waals surface area (Å²) in [7, 11) is 0. The van der Waals surface area contributed by atoms with E-state index in [1.807, 2.05) is 19.1 Å². The van der Waals surface area contributed by atoms with Gasteiger partial charge in [-0.1, -0.05) is 18.2 Å². The van der Waals surface area contributed by atoms with E-state index in [0.717, 1.165) is 5.56 Å². The average molecular weight is 211 g/mol. The molecule has 0 amide bonds. The molecule has 0 atom stereocenters. The fourth-order valence-electron chi connectivity index (χ4n) is 1.01. The fraction of sp³-hybridized carbons (Fsp3) is 0.300. The number of hydrogen-bond donors (Lipinski definition) is 2. The highest BCUT2D eigenvalue weighted by Gasteiger charge is 2.00. The van der Waals surface area contributed by atoms with Gasteiger partial charge in [0.15, 0.2) is 0 Å². The van der Waals surface area contributed by atoms with E-state index in [1.54, 1.807) is 12.1 Å². The number of ether oxygens (including phenoxy) is 1. The number of thiocarbonyl (C=S) groups is 1. The first-order valence-corrected chi connectivity index (χ1v) is 4.82. The van der Waals surface area contributed by atoms with Crippen LogP contribution in [0.25, 0.3) is 0 Å². The van der Waals surface area contributed by atoms with Crippen LogP contribution in [0, 0.1) is 0 Å². The molecule has 4 heteroatoms. The summed E-state index contributed by atoms with van der Waals surface area (Å²) < 4.78 is 5.04. The van der Waals surface area contributed by atoms with E-state index in [0.29, 0.717) is 18.3 Å². The zero-order valence-electron chi connectivity index (χ0n) is 7.99. The largest absolute Gasteiger partial charge is 0.508 e. The zero-order chi connectivity index (χ0) is 10.4. The molecule has 0 unspecified atom stereocenters. The normalized spacial score (nSPS) is 9.50. The van der Waals surface area contributed by atoms with Gasteiger partial charge in [0.25, 0.3) is 5.17 Å². The molecule has 0 bridgehead atoms. The van der Waals surface area contributed by atoms with Crippen LogP contribution < -0.4 is 5.32 Å². The predicted molar refractivity (Wildman–Crippen MR) is 59.2 cm³/mol. The Morgan fingerprint density at radius 3 is 2.86 bits per heavy atom. The first kappa shape index (κ1) is 10.8. The summed E-state index contributed by atoms with van der Waals surface area (Å²) in [5.41, 5.74) is 0.801. The fourth-order valence-corrected chi connectivity index (χ4v) is 1.20. The number of benzene rings is 1. The smallest absolute Gasteiger partial charge is 0.256 e. The Bertz CT molecular complexity index is 315. The molecule has 1 rings (SSSR count). The third-order valence-corrected chi connectivity index (χ3v) is 1.95. The van der Waals surface area contributed by atoms with Gasteiger partial charge in [-0.3, -0.25) is 0 Å². The van der Waals surface area contributed by atoms with Crippen LogP contribution in [0.1, 0.15) is 12.5 Å². The van der Waals surface area contributed by atoms with Crippen molar-refractivity contribution in [1.29, 1.82) is 0 Å². The van der Waals surface area contributed by atoms with Crippen LogP contribution in [0.5, 0.6) is 5.75 Å². The third kappa shape index (κ3) is 3.22. The standard InChI is InChI=1S/C10H13NO2S/c1-2-13-10(14)11-7-8-5-3-4-6-9(8)12/h3-6,12H,2,7H2,1H3,(H,11,14). The third-order valence-electron chi connectivity index (χ3n) is 1.69. The van der Waals surface area contributed by atoms with E-state index in [1.165, 1.54) is 0 Å². The molecule has 3 nitrogen and oxygen atoms in total. The van der Waals surface area contributed by atoms with Crippen molar-refractivity contribution < 1.29 is 9.84 Å². The van der Waals surface area contributed by atoms with E-state index in [4.69, 9.17) is 17.0 Å². The highest BCUT2D eigenvalue weighted by molar-refractivity contribution is 7.80. The second kappa shape index (κ2) is 5.44. The van der Waals surface area contributed by atoms with Crippen molar-refractivity contribution in [3.05, 3.63) is 29.8 Å². The molecule has 0 heterocycles. The van der Waals surface area contributed by atoms with E-state index >= 15 is 0 Å². The summed E-state index contributed by atoms with van der Waals surface area (Å²) in [5, 5.41) is 12.7. The van der Waals surface area contributed by atoms with E-state index in [-0.39, 0.29) is 5.75 Å². The van der Waals surface area contributed by atoms with Crippen molar-refractivity contribution in [2.75, 3.05) is 6.61 Å². The van der Waals surface area contributed by atoms with Crippen molar-refractivity contribution in [3.63, 3.8) is 0 Å². The number of phenols is 1. The van der Waals surface area contributed by atoms with Crippen molar-refractivity contribution in [3.8, 4) is 5.75 Å². The van der Waals surface area contributed by atoms with Gasteiger partial charge in [-0.2, -0.15) is 0 Å². The molecule has 2 N–H and O–H groups in total. The van der Waals surface area contributed by atoms with Crippen LogP contribution in [-0.4, -0.2) is 16.9 Å². The van der Waals surface area contributed by atoms with Crippen molar-refractivity contribution >= 4 is 17.4 Å². The SMILES string of the molecule is CCOC(=S)NCc1ccccc1O. The van der Waals surface area contributed by atoms with Crippen molar-refractivity contribution in [2.24, 2.45) is 0 Å². The maximum atomic E-state index is 9.43. The number of rotatable bonds is 3. The van der Waals surface area contributed by atoms with Crippen LogP contribution in [0.15, 0.2) is 24.3 Å². The summed E-state index contributed by atoms with van der Waals surface area (Å²) in [4.78, 5) is 0. The maximum Gasteiger partial charge on any atom is 0.256 e. The zero-order valence-corrected chi connectivity index (χ0v) is 8.80. The average Bonchev–Trinajstić information content (AvgIpc) is 2.17. The Labute approximate surface area is 88.7 Å². The Morgan fingerprint density at radius 1 is 1.50 bits per heavy atom. The van der Waals surface area contributed by atoms with Crippen molar-refractivity contribution in [2.45, 2.75) is 13.5 Å². The highest BCUT2D eigenvalue weighted by Crippen LogP contribution is 2.14. The number of aromatic hydroxyl groups is 1. The first-order valence-electron chi connectivity index (χ1n) is 4.41. The summed E-state index contributed by atoms with van der Waals surface area (Å²) >= 11 is 4.88. The van der Waals surface area contributed by atoms with Gasteiger partial charge < -0.3 is 15.2 Å². The van der Waals surface area contributed by atoms with E-state index in [2.05, 4.69) is 5.32 Å². The van der Waals surface area contributed by atoms with Crippen LogP contribution >= 0.6 is 12.2 Å². The van der Waals surface area contributed by atoms with E-state index in [9.17, 15) is 5.11 Å². The molecule has 0 radical (unpaired) electrons. The molecule has 0 aliphatic heterocycles. The quantitative estimate of drug-likeness (QED) is 0.748. The monoisotopic (exact) mass is 211 g/mol. The minimum Gasteiger partial charge on any atom is -0.508 e. The van der Waals surface area contributed by atoms with Gasteiger partial charge in [-0.05, 0) is 25.2 Å². The van der Waals surface area contributed by atoms with Crippen LogP contribution in [0.2, 0.25) is 0 Å². The summed E-state index contributed by atoms with van der Waals surface area (Å²) in [6.45, 7) is 2.89. The molecule has 0 fully saturated rings. The van der Waals surface area contributed by atoms with Crippen molar-refractivity contribution in [1.82, 2.24) is 5.32 Å². The minimum atomic E-state index is 0.263. The lowest BCUT2D eigenvalue weighted by atomic mass is 10.2. The topological polar surface area (TPSA) is 41.5 Å². The predicted octanol–water partition coefficient (Wildman–Crippen LogP) is 1.80. The van der Waals surface area contributed by atoms with E-state index < -0.39 is 0 Å². The molecule has 76 valence electrons. The second-order valence-corrected chi connectivity index (χ2v) is 3.07. The maximum absolute atomic E-state index is 9.43. The lowest BCUT2D eigenvalue weighted by molar-refractivity contribution is 0.319. The molecule has 0 saturated heterocycles. The number of hydrogen-bond acceptors (Lipinski definition) is 3. The Hall–Kier alpha value is -1.29. The Balaban J connectivity index is 2.46. The molecular weight excluding hydrogens is 198 g/mol. The van der Waals surface area contributed by atoms with Gasteiger partial charge in [-0.25, -0.2) is 0 Å².